The third-order valence-electron chi connectivity index (χ3n) is 3.06. The molecule has 0 bridgehead atoms. The topological polar surface area (TPSA) is 72.7 Å². The first-order valence-electron chi connectivity index (χ1n) is 6.88. The minimum Gasteiger partial charge on any atom is -0.490 e. The molecule has 1 amide bonds. The van der Waals surface area contributed by atoms with E-state index in [1.54, 1.807) is 6.92 Å². The summed E-state index contributed by atoms with van der Waals surface area (Å²) < 4.78 is 42.6. The van der Waals surface area contributed by atoms with Crippen molar-refractivity contribution < 1.29 is 27.6 Å². The Hall–Kier alpha value is -2.32. The van der Waals surface area contributed by atoms with Crippen LogP contribution in [0.2, 0.25) is 0 Å². The number of nitro benzene ring substituents is 1. The van der Waals surface area contributed by atoms with Crippen LogP contribution in [0.5, 0.6) is 5.75 Å². The van der Waals surface area contributed by atoms with Crippen LogP contribution in [0, 0.1) is 10.1 Å². The lowest BCUT2D eigenvalue weighted by Gasteiger charge is -2.24. The molecule has 23 heavy (non-hydrogen) atoms. The quantitative estimate of drug-likeness (QED) is 0.566. The van der Waals surface area contributed by atoms with Crippen LogP contribution >= 0.6 is 0 Å². The van der Waals surface area contributed by atoms with Gasteiger partial charge in [-0.25, -0.2) is 0 Å². The number of hydrogen-bond acceptors (Lipinski definition) is 4. The maximum Gasteiger partial charge on any atom is 0.406 e. The molecule has 1 aromatic carbocycles. The van der Waals surface area contributed by atoms with Gasteiger partial charge < -0.3 is 9.64 Å². The number of carbonyl (C=O) groups excluding carboxylic acids is 1. The standard InChI is InChI=1S/C14H17F3N2O4/c1-3-4-7-18(9-14(15,16)17)13(20)10-5-6-12(23-2)11(8-10)19(21)22/h5-6,8H,3-4,7,9H2,1-2H3. The molecule has 0 heterocycles. The number of hydrogen-bond donors (Lipinski definition) is 0. The van der Waals surface area contributed by atoms with Crippen molar-refractivity contribution in [2.45, 2.75) is 25.9 Å². The molecule has 0 aliphatic rings. The van der Waals surface area contributed by atoms with E-state index in [2.05, 4.69) is 0 Å². The Morgan fingerprint density at radius 2 is 2.04 bits per heavy atom. The van der Waals surface area contributed by atoms with Crippen molar-refractivity contribution in [3.8, 4) is 5.75 Å². The molecule has 0 N–H and O–H groups in total. The minimum absolute atomic E-state index is 0.0671. The summed E-state index contributed by atoms with van der Waals surface area (Å²) in [5, 5.41) is 10.9. The maximum absolute atomic E-state index is 12.6. The number of amides is 1. The fraction of sp³-hybridized carbons (Fsp3) is 0.500. The van der Waals surface area contributed by atoms with Gasteiger partial charge in [-0.1, -0.05) is 13.3 Å². The molecule has 1 rings (SSSR count). The van der Waals surface area contributed by atoms with Crippen LogP contribution in [0.15, 0.2) is 18.2 Å². The summed E-state index contributed by atoms with van der Waals surface area (Å²) in [6.45, 7) is 0.314. The molecular weight excluding hydrogens is 317 g/mol. The van der Waals surface area contributed by atoms with E-state index in [0.29, 0.717) is 17.7 Å². The zero-order valence-electron chi connectivity index (χ0n) is 12.7. The van der Waals surface area contributed by atoms with Gasteiger partial charge >= 0.3 is 11.9 Å². The number of halogens is 3. The molecule has 0 aliphatic heterocycles. The Morgan fingerprint density at radius 1 is 1.39 bits per heavy atom. The SMILES string of the molecule is CCCCN(CC(F)(F)F)C(=O)c1ccc(OC)c([N+](=O)[O-])c1. The Balaban J connectivity index is 3.12. The van der Waals surface area contributed by atoms with Crippen molar-refractivity contribution in [3.63, 3.8) is 0 Å². The second kappa shape index (κ2) is 7.80. The van der Waals surface area contributed by atoms with E-state index in [0.717, 1.165) is 6.07 Å². The Labute approximate surface area is 131 Å². The van der Waals surface area contributed by atoms with Gasteiger partial charge in [-0.15, -0.1) is 0 Å². The maximum atomic E-state index is 12.6. The molecule has 0 fully saturated rings. The summed E-state index contributed by atoms with van der Waals surface area (Å²) in [5.74, 6) is -0.969. The Bertz CT molecular complexity index is 576. The van der Waals surface area contributed by atoms with Crippen molar-refractivity contribution >= 4 is 11.6 Å². The van der Waals surface area contributed by atoms with Gasteiger partial charge in [-0.3, -0.25) is 14.9 Å². The average Bonchev–Trinajstić information content (AvgIpc) is 2.48. The summed E-state index contributed by atoms with van der Waals surface area (Å²) in [6.07, 6.45) is -3.52. The third-order valence-corrected chi connectivity index (χ3v) is 3.06. The molecule has 128 valence electrons. The van der Waals surface area contributed by atoms with E-state index in [1.165, 1.54) is 19.2 Å². The van der Waals surface area contributed by atoms with Crippen molar-refractivity contribution in [2.24, 2.45) is 0 Å². The molecule has 0 aliphatic carbocycles. The van der Waals surface area contributed by atoms with Crippen LogP contribution in [0.25, 0.3) is 0 Å². The van der Waals surface area contributed by atoms with Gasteiger partial charge in [-0.05, 0) is 18.6 Å². The summed E-state index contributed by atoms with van der Waals surface area (Å²) in [4.78, 5) is 23.1. The van der Waals surface area contributed by atoms with Crippen LogP contribution in [0.4, 0.5) is 18.9 Å². The van der Waals surface area contributed by atoms with E-state index in [1.807, 2.05) is 0 Å². The molecule has 0 radical (unpaired) electrons. The number of nitro groups is 1. The van der Waals surface area contributed by atoms with Gasteiger partial charge in [0, 0.05) is 18.2 Å². The van der Waals surface area contributed by atoms with E-state index in [-0.39, 0.29) is 17.9 Å². The second-order valence-electron chi connectivity index (χ2n) is 4.84. The van der Waals surface area contributed by atoms with Crippen LogP contribution in [0.3, 0.4) is 0 Å². The highest BCUT2D eigenvalue weighted by atomic mass is 19.4. The predicted molar refractivity (Wildman–Crippen MR) is 76.5 cm³/mol. The number of nitrogens with zero attached hydrogens (tertiary/aromatic N) is 2. The first-order chi connectivity index (χ1) is 10.7. The van der Waals surface area contributed by atoms with Crippen molar-refractivity contribution in [1.29, 1.82) is 0 Å². The van der Waals surface area contributed by atoms with E-state index in [4.69, 9.17) is 4.74 Å². The minimum atomic E-state index is -4.54. The number of benzene rings is 1. The monoisotopic (exact) mass is 334 g/mol. The van der Waals surface area contributed by atoms with Crippen LogP contribution < -0.4 is 4.74 Å². The number of alkyl halides is 3. The van der Waals surface area contributed by atoms with E-state index < -0.39 is 29.2 Å². The first kappa shape index (κ1) is 18.7. The first-order valence-corrected chi connectivity index (χ1v) is 6.88. The molecule has 0 aromatic heterocycles. The molecule has 9 heteroatoms. The largest absolute Gasteiger partial charge is 0.490 e. The number of ether oxygens (including phenoxy) is 1. The Kier molecular flexibility index (Phi) is 6.35. The van der Waals surface area contributed by atoms with E-state index >= 15 is 0 Å². The summed E-state index contributed by atoms with van der Waals surface area (Å²) in [6, 6.07) is 3.33. The summed E-state index contributed by atoms with van der Waals surface area (Å²) >= 11 is 0. The molecule has 0 atom stereocenters. The fourth-order valence-electron chi connectivity index (χ4n) is 1.97. The van der Waals surface area contributed by atoms with Gasteiger partial charge in [0.25, 0.3) is 5.91 Å². The molecule has 0 unspecified atom stereocenters. The lowest BCUT2D eigenvalue weighted by molar-refractivity contribution is -0.385. The van der Waals surface area contributed by atoms with Gasteiger partial charge in [0.15, 0.2) is 5.75 Å². The normalized spacial score (nSPS) is 11.2. The molecule has 0 saturated carbocycles. The number of unbranched alkanes of at least 4 members (excludes halogenated alkanes) is 1. The van der Waals surface area contributed by atoms with Crippen LogP contribution in [-0.4, -0.2) is 42.1 Å². The highest BCUT2D eigenvalue weighted by Gasteiger charge is 2.33. The summed E-state index contributed by atoms with van der Waals surface area (Å²) in [5.41, 5.74) is -0.654. The highest BCUT2D eigenvalue weighted by Crippen LogP contribution is 2.28. The van der Waals surface area contributed by atoms with Crippen molar-refractivity contribution in [2.75, 3.05) is 20.2 Å². The molecule has 1 aromatic rings. The molecule has 0 saturated heterocycles. The zero-order valence-corrected chi connectivity index (χ0v) is 12.7. The molecule has 6 nitrogen and oxygen atoms in total. The van der Waals surface area contributed by atoms with E-state index in [9.17, 15) is 28.1 Å². The van der Waals surface area contributed by atoms with Gasteiger partial charge in [-0.2, -0.15) is 13.2 Å². The van der Waals surface area contributed by atoms with Gasteiger partial charge in [0.2, 0.25) is 0 Å². The molecular formula is C14H17F3N2O4. The van der Waals surface area contributed by atoms with Gasteiger partial charge in [0.1, 0.15) is 6.54 Å². The smallest absolute Gasteiger partial charge is 0.406 e. The van der Waals surface area contributed by atoms with Crippen molar-refractivity contribution in [3.05, 3.63) is 33.9 Å². The highest BCUT2D eigenvalue weighted by molar-refractivity contribution is 5.95. The number of carbonyl (C=O) groups is 1. The van der Waals surface area contributed by atoms with Crippen LogP contribution in [0.1, 0.15) is 30.1 Å². The lowest BCUT2D eigenvalue weighted by atomic mass is 10.1. The second-order valence-corrected chi connectivity index (χ2v) is 4.84. The Morgan fingerprint density at radius 3 is 2.52 bits per heavy atom. The van der Waals surface area contributed by atoms with Crippen LogP contribution in [-0.2, 0) is 0 Å². The summed E-state index contributed by atoms with van der Waals surface area (Å²) in [7, 11) is 1.22. The predicted octanol–water partition coefficient (Wildman–Crippen LogP) is 3.41. The fourth-order valence-corrected chi connectivity index (χ4v) is 1.97. The van der Waals surface area contributed by atoms with Gasteiger partial charge in [0.05, 0.1) is 12.0 Å². The lowest BCUT2D eigenvalue weighted by Crippen LogP contribution is -2.39. The number of rotatable bonds is 7. The van der Waals surface area contributed by atoms with Crippen molar-refractivity contribution in [1.82, 2.24) is 4.90 Å². The average molecular weight is 334 g/mol. The zero-order chi connectivity index (χ0) is 17.6. The molecule has 0 spiro atoms. The number of methoxy groups -OCH3 is 1. The third kappa shape index (κ3) is 5.42.